The van der Waals surface area contributed by atoms with Gasteiger partial charge in [-0.1, -0.05) is 26.3 Å². The molecule has 182 valence electrons. The third-order valence-corrected chi connectivity index (χ3v) is 6.86. The number of carbonyl (C=O) groups excluding carboxylic acids is 3. The predicted octanol–water partition coefficient (Wildman–Crippen LogP) is 2.31. The summed E-state index contributed by atoms with van der Waals surface area (Å²) < 4.78 is 7.42. The van der Waals surface area contributed by atoms with Crippen molar-refractivity contribution < 1.29 is 19.1 Å². The molecule has 3 amide bonds. The lowest BCUT2D eigenvalue weighted by Gasteiger charge is -2.45. The zero-order chi connectivity index (χ0) is 24.3. The van der Waals surface area contributed by atoms with Crippen LogP contribution in [0.25, 0.3) is 6.20 Å². The van der Waals surface area contributed by atoms with E-state index in [0.29, 0.717) is 18.1 Å². The molecule has 5 N–H and O–H groups in total. The van der Waals surface area contributed by atoms with Crippen molar-refractivity contribution in [2.75, 3.05) is 6.61 Å². The second kappa shape index (κ2) is 9.97. The number of hydrogen-bond acceptors (Lipinski definition) is 5. The van der Waals surface area contributed by atoms with Gasteiger partial charge in [0.15, 0.2) is 0 Å². The average Bonchev–Trinajstić information content (AvgIpc) is 3.13. The van der Waals surface area contributed by atoms with Crippen molar-refractivity contribution in [3.05, 3.63) is 17.8 Å². The van der Waals surface area contributed by atoms with Gasteiger partial charge in [-0.25, -0.2) is 4.68 Å². The largest absolute Gasteiger partial charge is 0.477 e. The minimum absolute atomic E-state index is 0.00693. The molecule has 0 radical (unpaired) electrons. The maximum absolute atomic E-state index is 13.3. The zero-order valence-corrected chi connectivity index (χ0v) is 20.0. The molecule has 1 aromatic rings. The van der Waals surface area contributed by atoms with E-state index < -0.39 is 11.3 Å². The van der Waals surface area contributed by atoms with Crippen LogP contribution in [0.4, 0.5) is 0 Å². The lowest BCUT2D eigenvalue weighted by molar-refractivity contribution is -0.125. The highest BCUT2D eigenvalue weighted by molar-refractivity contribution is 5.96. The summed E-state index contributed by atoms with van der Waals surface area (Å²) in [6.45, 7) is 7.86. The lowest BCUT2D eigenvalue weighted by Crippen LogP contribution is -2.52. The standard InChI is InChI=1S/C24H37N5O4/c1-14(2)13-33-22-18(12-27-29(22)9-8-24(3,4)23(26)32)21(31)28-19-15-6-5-7-16(19)11-17(10-15)20(25)30/h8-9,12,14-17,19H,5-7,10-11,13H2,1-4H3,(H2,25,30)(H2,26,32)(H,28,31)/b9-8+. The summed E-state index contributed by atoms with van der Waals surface area (Å²) in [5.41, 5.74) is 10.5. The molecule has 0 spiro atoms. The molecule has 3 rings (SSSR count). The number of rotatable bonds is 9. The summed E-state index contributed by atoms with van der Waals surface area (Å²) in [5.74, 6) is -0.00971. The van der Waals surface area contributed by atoms with E-state index in [9.17, 15) is 14.4 Å². The Morgan fingerprint density at radius 2 is 1.88 bits per heavy atom. The van der Waals surface area contributed by atoms with Crippen molar-refractivity contribution in [1.82, 2.24) is 15.1 Å². The molecule has 2 aliphatic rings. The first-order valence-corrected chi connectivity index (χ1v) is 11.8. The monoisotopic (exact) mass is 459 g/mol. The predicted molar refractivity (Wildman–Crippen MR) is 125 cm³/mol. The van der Waals surface area contributed by atoms with Crippen molar-refractivity contribution in [3.8, 4) is 5.88 Å². The van der Waals surface area contributed by atoms with E-state index in [1.165, 1.54) is 10.9 Å². The van der Waals surface area contributed by atoms with Crippen LogP contribution >= 0.6 is 0 Å². The molecule has 9 heteroatoms. The summed E-state index contributed by atoms with van der Waals surface area (Å²) in [7, 11) is 0. The van der Waals surface area contributed by atoms with Crippen LogP contribution < -0.4 is 21.5 Å². The molecule has 1 aromatic heterocycles. The van der Waals surface area contributed by atoms with E-state index in [0.717, 1.165) is 32.1 Å². The Labute approximate surface area is 195 Å². The smallest absolute Gasteiger partial charge is 0.258 e. The topological polar surface area (TPSA) is 142 Å². The van der Waals surface area contributed by atoms with E-state index >= 15 is 0 Å². The summed E-state index contributed by atoms with van der Waals surface area (Å²) in [6, 6.07) is 0.00693. The van der Waals surface area contributed by atoms with Gasteiger partial charge in [-0.05, 0) is 57.3 Å². The third kappa shape index (κ3) is 5.75. The fourth-order valence-electron chi connectivity index (χ4n) is 4.78. The quantitative estimate of drug-likeness (QED) is 0.519. The molecule has 9 nitrogen and oxygen atoms in total. The van der Waals surface area contributed by atoms with Crippen LogP contribution in [0.2, 0.25) is 0 Å². The number of hydrogen-bond donors (Lipinski definition) is 3. The van der Waals surface area contributed by atoms with E-state index in [-0.39, 0.29) is 41.5 Å². The number of nitrogens with one attached hydrogen (secondary N) is 1. The van der Waals surface area contributed by atoms with Crippen LogP contribution in [0.5, 0.6) is 5.88 Å². The van der Waals surface area contributed by atoms with Crippen molar-refractivity contribution in [2.45, 2.75) is 65.8 Å². The van der Waals surface area contributed by atoms with Crippen molar-refractivity contribution in [1.29, 1.82) is 0 Å². The Hall–Kier alpha value is -2.84. The first kappa shape index (κ1) is 24.8. The van der Waals surface area contributed by atoms with Gasteiger partial charge in [0, 0.05) is 18.2 Å². The Morgan fingerprint density at radius 3 is 2.42 bits per heavy atom. The number of aromatic nitrogens is 2. The zero-order valence-electron chi connectivity index (χ0n) is 20.0. The Bertz CT molecular complexity index is 906. The highest BCUT2D eigenvalue weighted by atomic mass is 16.5. The second-order valence-corrected chi connectivity index (χ2v) is 10.4. The average molecular weight is 460 g/mol. The minimum Gasteiger partial charge on any atom is -0.477 e. The number of carbonyl (C=O) groups is 3. The SMILES string of the molecule is CC(C)COc1c(C(=O)NC2C3CCCC2CC(C(N)=O)C3)cnn1/C=C/C(C)(C)C(N)=O. The molecule has 2 aliphatic carbocycles. The molecule has 0 aromatic carbocycles. The van der Waals surface area contributed by atoms with Gasteiger partial charge in [0.1, 0.15) is 5.56 Å². The third-order valence-electron chi connectivity index (χ3n) is 6.86. The summed E-state index contributed by atoms with van der Waals surface area (Å²) in [4.78, 5) is 36.7. The normalized spacial score (nSPS) is 25.2. The van der Waals surface area contributed by atoms with Gasteiger partial charge in [-0.15, -0.1) is 0 Å². The molecular weight excluding hydrogens is 422 g/mol. The molecule has 33 heavy (non-hydrogen) atoms. The molecule has 2 fully saturated rings. The number of nitrogens with two attached hydrogens (primary N) is 2. The number of nitrogens with zero attached hydrogens (tertiary/aromatic N) is 2. The van der Waals surface area contributed by atoms with Gasteiger partial charge in [0.25, 0.3) is 5.91 Å². The van der Waals surface area contributed by atoms with E-state index in [1.54, 1.807) is 26.1 Å². The first-order chi connectivity index (χ1) is 15.5. The number of fused-ring (bicyclic) bond motifs is 2. The van der Waals surface area contributed by atoms with E-state index in [4.69, 9.17) is 16.2 Å². The van der Waals surface area contributed by atoms with Gasteiger partial charge in [-0.3, -0.25) is 14.4 Å². The number of ether oxygens (including phenoxy) is 1. The van der Waals surface area contributed by atoms with Gasteiger partial charge in [0.05, 0.1) is 18.2 Å². The van der Waals surface area contributed by atoms with E-state index in [2.05, 4.69) is 10.4 Å². The molecule has 0 saturated heterocycles. The summed E-state index contributed by atoms with van der Waals surface area (Å²) in [6.07, 6.45) is 9.23. The maximum Gasteiger partial charge on any atom is 0.258 e. The Kier molecular flexibility index (Phi) is 7.49. The van der Waals surface area contributed by atoms with Crippen LogP contribution in [0.15, 0.2) is 12.3 Å². The highest BCUT2D eigenvalue weighted by Gasteiger charge is 2.43. The highest BCUT2D eigenvalue weighted by Crippen LogP contribution is 2.43. The Balaban J connectivity index is 1.82. The van der Waals surface area contributed by atoms with Crippen LogP contribution in [-0.4, -0.2) is 40.2 Å². The summed E-state index contributed by atoms with van der Waals surface area (Å²) in [5, 5.41) is 7.51. The molecule has 2 atom stereocenters. The summed E-state index contributed by atoms with van der Waals surface area (Å²) >= 11 is 0. The van der Waals surface area contributed by atoms with Crippen molar-refractivity contribution in [2.24, 2.45) is 40.6 Å². The second-order valence-electron chi connectivity index (χ2n) is 10.4. The van der Waals surface area contributed by atoms with Crippen LogP contribution in [0.3, 0.4) is 0 Å². The van der Waals surface area contributed by atoms with E-state index in [1.807, 2.05) is 13.8 Å². The molecule has 2 saturated carbocycles. The minimum atomic E-state index is -0.875. The molecule has 2 bridgehead atoms. The van der Waals surface area contributed by atoms with Crippen molar-refractivity contribution in [3.63, 3.8) is 0 Å². The molecule has 0 aliphatic heterocycles. The van der Waals surface area contributed by atoms with Gasteiger partial charge in [-0.2, -0.15) is 5.10 Å². The molecular formula is C24H37N5O4. The van der Waals surface area contributed by atoms with Gasteiger partial charge in [0.2, 0.25) is 17.7 Å². The lowest BCUT2D eigenvalue weighted by atomic mass is 9.64. The first-order valence-electron chi connectivity index (χ1n) is 11.8. The van der Waals surface area contributed by atoms with Crippen LogP contribution in [-0.2, 0) is 9.59 Å². The van der Waals surface area contributed by atoms with Crippen LogP contribution in [0, 0.1) is 29.1 Å². The fourth-order valence-corrected chi connectivity index (χ4v) is 4.78. The maximum atomic E-state index is 13.3. The van der Waals surface area contributed by atoms with Gasteiger partial charge < -0.3 is 21.5 Å². The van der Waals surface area contributed by atoms with Gasteiger partial charge >= 0.3 is 0 Å². The number of primary amides is 2. The molecule has 1 heterocycles. The van der Waals surface area contributed by atoms with Crippen molar-refractivity contribution >= 4 is 23.9 Å². The molecule has 2 unspecified atom stereocenters. The van der Waals surface area contributed by atoms with Crippen LogP contribution in [0.1, 0.15) is 70.2 Å². The Morgan fingerprint density at radius 1 is 1.24 bits per heavy atom. The number of amides is 3. The fraction of sp³-hybridized carbons (Fsp3) is 0.667.